The first-order valence-electron chi connectivity index (χ1n) is 10.1. The highest BCUT2D eigenvalue weighted by atomic mass is 19.1. The van der Waals surface area contributed by atoms with E-state index in [-0.39, 0.29) is 30.5 Å². The summed E-state index contributed by atoms with van der Waals surface area (Å²) >= 11 is 0. The number of hydrogen-bond acceptors (Lipinski definition) is 4. The molecule has 4 rings (SSSR count). The lowest BCUT2D eigenvalue weighted by atomic mass is 10.1. The Morgan fingerprint density at radius 3 is 2.77 bits per heavy atom. The quantitative estimate of drug-likeness (QED) is 0.628. The number of carbonyl (C=O) groups excluding carboxylic acids is 2. The summed E-state index contributed by atoms with van der Waals surface area (Å²) in [6.45, 7) is 0.910. The zero-order chi connectivity index (χ0) is 21.6. The van der Waals surface area contributed by atoms with Gasteiger partial charge in [0, 0.05) is 31.4 Å². The zero-order valence-corrected chi connectivity index (χ0v) is 16.9. The summed E-state index contributed by atoms with van der Waals surface area (Å²) in [6, 6.07) is 15.4. The van der Waals surface area contributed by atoms with Gasteiger partial charge in [-0.3, -0.25) is 14.6 Å². The number of rotatable bonds is 7. The second kappa shape index (κ2) is 9.38. The van der Waals surface area contributed by atoms with Gasteiger partial charge in [0.1, 0.15) is 5.75 Å². The first-order chi connectivity index (χ1) is 15.1. The number of benzene rings is 2. The molecule has 2 heterocycles. The van der Waals surface area contributed by atoms with Crippen molar-refractivity contribution in [2.75, 3.05) is 11.4 Å². The van der Waals surface area contributed by atoms with Crippen LogP contribution < -0.4 is 15.0 Å². The van der Waals surface area contributed by atoms with Crippen LogP contribution in [0.15, 0.2) is 67.0 Å². The number of ether oxygens (including phenoxy) is 1. The van der Waals surface area contributed by atoms with E-state index < -0.39 is 5.82 Å². The van der Waals surface area contributed by atoms with E-state index in [0.29, 0.717) is 24.3 Å². The normalized spacial score (nSPS) is 13.3. The lowest BCUT2D eigenvalue weighted by Crippen LogP contribution is -2.25. The number of halogens is 1. The lowest BCUT2D eigenvalue weighted by molar-refractivity contribution is -0.120. The van der Waals surface area contributed by atoms with Crippen molar-refractivity contribution in [1.29, 1.82) is 0 Å². The Bertz CT molecular complexity index is 1090. The third kappa shape index (κ3) is 5.25. The maximum absolute atomic E-state index is 14.3. The van der Waals surface area contributed by atoms with E-state index in [2.05, 4.69) is 10.3 Å². The number of anilines is 1. The number of nitrogens with zero attached hydrogens (tertiary/aromatic N) is 2. The fraction of sp³-hybridized carbons (Fsp3) is 0.208. The molecule has 0 radical (unpaired) electrons. The van der Waals surface area contributed by atoms with Gasteiger partial charge in [-0.25, -0.2) is 4.39 Å². The number of hydrogen-bond donors (Lipinski definition) is 1. The second-order valence-corrected chi connectivity index (χ2v) is 7.33. The molecule has 0 bridgehead atoms. The van der Waals surface area contributed by atoms with Crippen molar-refractivity contribution in [2.45, 2.75) is 25.8 Å². The Morgan fingerprint density at radius 2 is 2.03 bits per heavy atom. The zero-order valence-electron chi connectivity index (χ0n) is 16.9. The van der Waals surface area contributed by atoms with Gasteiger partial charge in [0.15, 0.2) is 11.6 Å². The Hall–Kier alpha value is -3.74. The van der Waals surface area contributed by atoms with Crippen molar-refractivity contribution in [3.05, 3.63) is 83.9 Å². The standard InChI is InChI=1S/C24H22FN3O3/c25-21-13-18(8-9-22(21)31-20-6-2-10-26-16-20)15-27-23(29)14-17-4-1-5-19(12-17)28-11-3-7-24(28)30/h1-2,4-6,8-10,12-13,16H,3,7,11,14-15H2,(H,27,29). The van der Waals surface area contributed by atoms with Crippen LogP contribution in [0.25, 0.3) is 0 Å². The summed E-state index contributed by atoms with van der Waals surface area (Å²) in [4.78, 5) is 30.0. The molecule has 0 spiro atoms. The Morgan fingerprint density at radius 1 is 1.13 bits per heavy atom. The van der Waals surface area contributed by atoms with Crippen molar-refractivity contribution >= 4 is 17.5 Å². The van der Waals surface area contributed by atoms with E-state index in [0.717, 1.165) is 17.7 Å². The van der Waals surface area contributed by atoms with Gasteiger partial charge in [-0.05, 0) is 53.9 Å². The van der Waals surface area contributed by atoms with Crippen LogP contribution in [0.4, 0.5) is 10.1 Å². The van der Waals surface area contributed by atoms with Crippen LogP contribution in [0.3, 0.4) is 0 Å². The smallest absolute Gasteiger partial charge is 0.227 e. The predicted octanol–water partition coefficient (Wildman–Crippen LogP) is 4.00. The summed E-state index contributed by atoms with van der Waals surface area (Å²) in [6.07, 6.45) is 4.71. The maximum Gasteiger partial charge on any atom is 0.227 e. The van der Waals surface area contributed by atoms with Crippen molar-refractivity contribution in [3.8, 4) is 11.5 Å². The molecule has 1 aromatic heterocycles. The minimum Gasteiger partial charge on any atom is -0.453 e. The second-order valence-electron chi connectivity index (χ2n) is 7.33. The molecular formula is C24H22FN3O3. The largest absolute Gasteiger partial charge is 0.453 e. The minimum atomic E-state index is -0.515. The van der Waals surface area contributed by atoms with E-state index >= 15 is 0 Å². The van der Waals surface area contributed by atoms with Crippen LogP contribution in [0.5, 0.6) is 11.5 Å². The maximum atomic E-state index is 14.3. The van der Waals surface area contributed by atoms with Gasteiger partial charge in [0.25, 0.3) is 0 Å². The highest BCUT2D eigenvalue weighted by Gasteiger charge is 2.21. The van der Waals surface area contributed by atoms with Crippen LogP contribution >= 0.6 is 0 Å². The lowest BCUT2D eigenvalue weighted by Gasteiger charge is -2.16. The molecule has 1 aliphatic rings. The topological polar surface area (TPSA) is 71.5 Å². The van der Waals surface area contributed by atoms with Crippen LogP contribution in [-0.4, -0.2) is 23.3 Å². The Labute approximate surface area is 179 Å². The summed E-state index contributed by atoms with van der Waals surface area (Å²) in [5, 5.41) is 2.80. The first kappa shape index (κ1) is 20.5. The molecular weight excluding hydrogens is 397 g/mol. The molecule has 0 unspecified atom stereocenters. The Kier molecular flexibility index (Phi) is 6.21. The molecule has 1 N–H and O–H groups in total. The number of pyridine rings is 1. The molecule has 7 heteroatoms. The third-order valence-electron chi connectivity index (χ3n) is 5.01. The van der Waals surface area contributed by atoms with E-state index in [9.17, 15) is 14.0 Å². The number of amides is 2. The molecule has 1 saturated heterocycles. The predicted molar refractivity (Wildman–Crippen MR) is 114 cm³/mol. The molecule has 2 amide bonds. The van der Waals surface area contributed by atoms with Gasteiger partial charge in [0.05, 0.1) is 12.6 Å². The molecule has 31 heavy (non-hydrogen) atoms. The average Bonchev–Trinajstić information content (AvgIpc) is 3.21. The van der Waals surface area contributed by atoms with E-state index in [4.69, 9.17) is 4.74 Å². The number of aromatic nitrogens is 1. The highest BCUT2D eigenvalue weighted by molar-refractivity contribution is 5.95. The van der Waals surface area contributed by atoms with Crippen LogP contribution in [0.2, 0.25) is 0 Å². The molecule has 6 nitrogen and oxygen atoms in total. The van der Waals surface area contributed by atoms with Crippen molar-refractivity contribution in [2.24, 2.45) is 0 Å². The molecule has 0 saturated carbocycles. The average molecular weight is 419 g/mol. The summed E-state index contributed by atoms with van der Waals surface area (Å²) in [5.41, 5.74) is 2.26. The molecule has 2 aromatic carbocycles. The number of carbonyl (C=O) groups is 2. The van der Waals surface area contributed by atoms with Gasteiger partial charge in [-0.15, -0.1) is 0 Å². The number of nitrogens with one attached hydrogen (secondary N) is 1. The Balaban J connectivity index is 1.33. The van der Waals surface area contributed by atoms with E-state index in [1.807, 2.05) is 24.3 Å². The molecule has 158 valence electrons. The fourth-order valence-corrected chi connectivity index (χ4v) is 3.48. The van der Waals surface area contributed by atoms with Crippen LogP contribution in [-0.2, 0) is 22.6 Å². The van der Waals surface area contributed by atoms with Gasteiger partial charge in [-0.1, -0.05) is 18.2 Å². The van der Waals surface area contributed by atoms with Gasteiger partial charge < -0.3 is 15.0 Å². The fourth-order valence-electron chi connectivity index (χ4n) is 3.48. The molecule has 0 aliphatic carbocycles. The van der Waals surface area contributed by atoms with Gasteiger partial charge in [0.2, 0.25) is 11.8 Å². The first-order valence-corrected chi connectivity index (χ1v) is 10.1. The minimum absolute atomic E-state index is 0.0938. The van der Waals surface area contributed by atoms with Crippen molar-refractivity contribution in [1.82, 2.24) is 10.3 Å². The highest BCUT2D eigenvalue weighted by Crippen LogP contribution is 2.25. The van der Waals surface area contributed by atoms with Crippen LogP contribution in [0.1, 0.15) is 24.0 Å². The molecule has 1 aliphatic heterocycles. The van der Waals surface area contributed by atoms with E-state index in [1.54, 1.807) is 29.3 Å². The van der Waals surface area contributed by atoms with Gasteiger partial charge in [-0.2, -0.15) is 0 Å². The van der Waals surface area contributed by atoms with Gasteiger partial charge >= 0.3 is 0 Å². The molecule has 0 atom stereocenters. The third-order valence-corrected chi connectivity index (χ3v) is 5.01. The van der Waals surface area contributed by atoms with Crippen molar-refractivity contribution in [3.63, 3.8) is 0 Å². The van der Waals surface area contributed by atoms with Crippen LogP contribution in [0, 0.1) is 5.82 Å². The summed E-state index contributed by atoms with van der Waals surface area (Å²) in [7, 11) is 0. The van der Waals surface area contributed by atoms with Crippen molar-refractivity contribution < 1.29 is 18.7 Å². The monoisotopic (exact) mass is 419 g/mol. The summed E-state index contributed by atoms with van der Waals surface area (Å²) in [5.74, 6) is -0.0455. The SMILES string of the molecule is O=C(Cc1cccc(N2CCCC2=O)c1)NCc1ccc(Oc2cccnc2)c(F)c1. The van der Waals surface area contributed by atoms with E-state index in [1.165, 1.54) is 18.3 Å². The molecule has 1 fully saturated rings. The summed E-state index contributed by atoms with van der Waals surface area (Å²) < 4.78 is 19.8. The molecule has 3 aromatic rings.